The molecule has 0 atom stereocenters. The van der Waals surface area contributed by atoms with Gasteiger partial charge in [-0.25, -0.2) is 4.98 Å². The molecule has 0 aliphatic heterocycles. The van der Waals surface area contributed by atoms with Crippen molar-refractivity contribution < 1.29 is 0 Å². The van der Waals surface area contributed by atoms with Gasteiger partial charge in [0.1, 0.15) is 0 Å². The first-order valence-corrected chi connectivity index (χ1v) is 18.8. The second-order valence-corrected chi connectivity index (χ2v) is 15.2. The molecule has 240 valence electrons. The monoisotopic (exact) mass is 675 g/mol. The highest BCUT2D eigenvalue weighted by Gasteiger charge is 2.51. The summed E-state index contributed by atoms with van der Waals surface area (Å²) < 4.78 is 2.63. The van der Waals surface area contributed by atoms with Crippen molar-refractivity contribution in [1.29, 1.82) is 0 Å². The van der Waals surface area contributed by atoms with E-state index in [-0.39, 0.29) is 5.41 Å². The SMILES string of the molecule is c1ccc(-c2nc3cc(-c4ccc5c(c4)C4(c6ccccc6-c6ccccc64)c4ccccc4-5)ccc3c3c2ccc2sc4ccccc4c23)cc1. The second-order valence-electron chi connectivity index (χ2n) is 14.2. The Morgan fingerprint density at radius 1 is 0.365 bits per heavy atom. The van der Waals surface area contributed by atoms with E-state index in [1.807, 2.05) is 11.3 Å². The minimum Gasteiger partial charge on any atom is -0.247 e. The third kappa shape index (κ3) is 3.59. The molecular formula is C50H29NS. The largest absolute Gasteiger partial charge is 0.247 e. The van der Waals surface area contributed by atoms with E-state index in [0.29, 0.717) is 0 Å². The van der Waals surface area contributed by atoms with Gasteiger partial charge in [0, 0.05) is 41.9 Å². The molecule has 0 unspecified atom stereocenters. The molecule has 0 radical (unpaired) electrons. The molecule has 2 aliphatic carbocycles. The van der Waals surface area contributed by atoms with Crippen LogP contribution in [0.3, 0.4) is 0 Å². The Labute approximate surface area is 305 Å². The normalized spacial score (nSPS) is 13.5. The van der Waals surface area contributed by atoms with Gasteiger partial charge in [-0.15, -0.1) is 11.3 Å². The third-order valence-corrected chi connectivity index (χ3v) is 12.8. The minimum absolute atomic E-state index is 0.369. The first-order valence-electron chi connectivity index (χ1n) is 18.0. The summed E-state index contributed by atoms with van der Waals surface area (Å²) in [4.78, 5) is 5.47. The maximum absolute atomic E-state index is 5.47. The molecule has 2 aromatic heterocycles. The van der Waals surface area contributed by atoms with Crippen LogP contribution in [0.15, 0.2) is 176 Å². The van der Waals surface area contributed by atoms with Crippen LogP contribution in [0.4, 0.5) is 0 Å². The Balaban J connectivity index is 1.14. The van der Waals surface area contributed by atoms with E-state index in [9.17, 15) is 0 Å². The molecule has 0 bridgehead atoms. The molecule has 2 heteroatoms. The van der Waals surface area contributed by atoms with E-state index in [2.05, 4.69) is 176 Å². The first-order chi connectivity index (χ1) is 25.8. The van der Waals surface area contributed by atoms with E-state index < -0.39 is 0 Å². The summed E-state index contributed by atoms with van der Waals surface area (Å²) >= 11 is 1.87. The number of aromatic nitrogens is 1. The Morgan fingerprint density at radius 2 is 0.942 bits per heavy atom. The van der Waals surface area contributed by atoms with Crippen LogP contribution in [0.2, 0.25) is 0 Å². The summed E-state index contributed by atoms with van der Waals surface area (Å²) in [6.07, 6.45) is 0. The summed E-state index contributed by atoms with van der Waals surface area (Å²) in [5.41, 5.74) is 15.9. The molecule has 52 heavy (non-hydrogen) atoms. The van der Waals surface area contributed by atoms with Gasteiger partial charge in [-0.2, -0.15) is 0 Å². The van der Waals surface area contributed by atoms with Crippen molar-refractivity contribution in [2.75, 3.05) is 0 Å². The smallest absolute Gasteiger partial charge is 0.0788 e. The highest BCUT2D eigenvalue weighted by molar-refractivity contribution is 7.26. The van der Waals surface area contributed by atoms with Crippen LogP contribution in [0, 0.1) is 0 Å². The number of hydrogen-bond donors (Lipinski definition) is 0. The molecule has 8 aromatic carbocycles. The molecule has 0 fully saturated rings. The molecule has 2 heterocycles. The molecule has 0 N–H and O–H groups in total. The molecule has 12 rings (SSSR count). The van der Waals surface area contributed by atoms with Gasteiger partial charge in [-0.3, -0.25) is 0 Å². The van der Waals surface area contributed by atoms with Crippen LogP contribution in [0.1, 0.15) is 22.3 Å². The van der Waals surface area contributed by atoms with Crippen LogP contribution >= 0.6 is 11.3 Å². The quantitative estimate of drug-likeness (QED) is 0.166. The Bertz CT molecular complexity index is 3070. The lowest BCUT2D eigenvalue weighted by atomic mass is 9.70. The highest BCUT2D eigenvalue weighted by Crippen LogP contribution is 2.63. The molecule has 1 spiro atoms. The van der Waals surface area contributed by atoms with Crippen molar-refractivity contribution in [2.24, 2.45) is 0 Å². The van der Waals surface area contributed by atoms with Gasteiger partial charge in [0.25, 0.3) is 0 Å². The number of benzene rings is 8. The summed E-state index contributed by atoms with van der Waals surface area (Å²) in [6, 6.07) is 65.2. The van der Waals surface area contributed by atoms with Gasteiger partial charge >= 0.3 is 0 Å². The Morgan fingerprint density at radius 3 is 1.67 bits per heavy atom. The van der Waals surface area contributed by atoms with Gasteiger partial charge in [0.05, 0.1) is 16.6 Å². The van der Waals surface area contributed by atoms with Crippen molar-refractivity contribution in [2.45, 2.75) is 5.41 Å². The molecule has 0 amide bonds. The van der Waals surface area contributed by atoms with Gasteiger partial charge in [0.2, 0.25) is 0 Å². The predicted octanol–water partition coefficient (Wildman–Crippen LogP) is 13.4. The zero-order chi connectivity index (χ0) is 34.0. The van der Waals surface area contributed by atoms with Crippen molar-refractivity contribution in [3.63, 3.8) is 0 Å². The minimum atomic E-state index is -0.369. The Kier molecular flexibility index (Phi) is 5.65. The van der Waals surface area contributed by atoms with Crippen LogP contribution < -0.4 is 0 Å². The van der Waals surface area contributed by atoms with Crippen molar-refractivity contribution in [1.82, 2.24) is 4.98 Å². The van der Waals surface area contributed by atoms with Gasteiger partial charge in [-0.05, 0) is 79.9 Å². The molecule has 0 saturated heterocycles. The standard InChI is InChI=1S/C50H29NS/c1-2-12-30(13-3-1)49-39-26-27-46-48(38-17-7-11-21-45(38)52-46)47(39)37-25-23-32(29-44(37)51-49)31-22-24-36-35-16-6-10-20-42(35)50(43(36)28-31)40-18-8-4-14-33(40)34-15-5-9-19-41(34)50/h1-29H. The molecular weight excluding hydrogens is 647 g/mol. The molecule has 10 aromatic rings. The number of thiophene rings is 1. The van der Waals surface area contributed by atoms with Gasteiger partial charge < -0.3 is 0 Å². The lowest BCUT2D eigenvalue weighted by Crippen LogP contribution is -2.25. The van der Waals surface area contributed by atoms with E-state index in [0.717, 1.165) is 16.8 Å². The van der Waals surface area contributed by atoms with Crippen LogP contribution in [0.5, 0.6) is 0 Å². The topological polar surface area (TPSA) is 12.9 Å². The van der Waals surface area contributed by atoms with Gasteiger partial charge in [-0.1, -0.05) is 152 Å². The van der Waals surface area contributed by atoms with E-state index >= 15 is 0 Å². The first kappa shape index (κ1) is 28.4. The fraction of sp³-hybridized carbons (Fsp3) is 0.0200. The van der Waals surface area contributed by atoms with Crippen molar-refractivity contribution in [3.05, 3.63) is 198 Å². The van der Waals surface area contributed by atoms with E-state index in [1.165, 1.54) is 92.0 Å². The molecule has 1 nitrogen and oxygen atoms in total. The summed E-state index contributed by atoms with van der Waals surface area (Å²) in [6.45, 7) is 0. The average molecular weight is 676 g/mol. The number of pyridine rings is 1. The van der Waals surface area contributed by atoms with Crippen molar-refractivity contribution >= 4 is 53.2 Å². The number of hydrogen-bond acceptors (Lipinski definition) is 2. The molecule has 2 aliphatic rings. The number of fused-ring (bicyclic) bond motifs is 17. The van der Waals surface area contributed by atoms with Gasteiger partial charge in [0.15, 0.2) is 0 Å². The lowest BCUT2D eigenvalue weighted by Gasteiger charge is -2.30. The van der Waals surface area contributed by atoms with Crippen LogP contribution in [-0.2, 0) is 5.41 Å². The number of rotatable bonds is 2. The predicted molar refractivity (Wildman–Crippen MR) is 219 cm³/mol. The molecule has 0 saturated carbocycles. The third-order valence-electron chi connectivity index (χ3n) is 11.7. The average Bonchev–Trinajstić information content (AvgIpc) is 3.84. The number of nitrogens with zero attached hydrogens (tertiary/aromatic N) is 1. The Hall–Kier alpha value is -6.35. The fourth-order valence-corrected chi connectivity index (χ4v) is 10.7. The zero-order valence-corrected chi connectivity index (χ0v) is 28.9. The summed E-state index contributed by atoms with van der Waals surface area (Å²) in [5.74, 6) is 0. The van der Waals surface area contributed by atoms with Crippen molar-refractivity contribution in [3.8, 4) is 44.6 Å². The maximum Gasteiger partial charge on any atom is 0.0788 e. The maximum atomic E-state index is 5.47. The highest BCUT2D eigenvalue weighted by atomic mass is 32.1. The summed E-state index contributed by atoms with van der Waals surface area (Å²) in [7, 11) is 0. The van der Waals surface area contributed by atoms with E-state index in [4.69, 9.17) is 4.98 Å². The lowest BCUT2D eigenvalue weighted by molar-refractivity contribution is 0.794. The summed E-state index contributed by atoms with van der Waals surface area (Å²) in [5, 5.41) is 6.30. The van der Waals surface area contributed by atoms with Crippen LogP contribution in [-0.4, -0.2) is 4.98 Å². The zero-order valence-electron chi connectivity index (χ0n) is 28.1. The fourth-order valence-electron chi connectivity index (χ4n) is 9.58. The van der Waals surface area contributed by atoms with Crippen LogP contribution in [0.25, 0.3) is 86.5 Å². The second kappa shape index (κ2) is 10.4. The van der Waals surface area contributed by atoms with E-state index in [1.54, 1.807) is 0 Å².